The van der Waals surface area contributed by atoms with Crippen molar-refractivity contribution in [3.63, 3.8) is 0 Å². The standard InChI is InChI=1S/C25H21ClN2O3/c1-31-23-15-17(14-19(26)24(23)30)13-18(22(29)12-11-16-7-3-2-4-8-16)25-27-20-9-5-6-10-21(20)28-25/h2-10,13-15,30H,11-12H2,1H3,(H,27,28)/b18-13-. The molecular weight excluding hydrogens is 412 g/mol. The van der Waals surface area contributed by atoms with E-state index in [-0.39, 0.29) is 22.3 Å². The number of benzene rings is 3. The van der Waals surface area contributed by atoms with Crippen LogP contribution >= 0.6 is 11.6 Å². The van der Waals surface area contributed by atoms with E-state index < -0.39 is 0 Å². The first-order chi connectivity index (χ1) is 15.0. The van der Waals surface area contributed by atoms with Crippen molar-refractivity contribution in [1.82, 2.24) is 9.97 Å². The Kier molecular flexibility index (Phi) is 6.05. The van der Waals surface area contributed by atoms with Crippen molar-refractivity contribution >= 4 is 40.1 Å². The van der Waals surface area contributed by atoms with Crippen LogP contribution in [0.15, 0.2) is 66.7 Å². The maximum absolute atomic E-state index is 13.3. The van der Waals surface area contributed by atoms with E-state index in [9.17, 15) is 9.90 Å². The molecule has 0 spiro atoms. The van der Waals surface area contributed by atoms with Gasteiger partial charge in [-0.2, -0.15) is 0 Å². The molecule has 0 amide bonds. The number of aromatic amines is 1. The number of aromatic nitrogens is 2. The summed E-state index contributed by atoms with van der Waals surface area (Å²) in [4.78, 5) is 21.1. The van der Waals surface area contributed by atoms with Gasteiger partial charge in [0, 0.05) is 6.42 Å². The molecule has 3 aromatic carbocycles. The normalized spacial score (nSPS) is 11.6. The van der Waals surface area contributed by atoms with E-state index in [2.05, 4.69) is 9.97 Å². The SMILES string of the molecule is COc1cc(/C=C(/C(=O)CCc2ccccc2)c2nc3ccccc3[nH]2)cc(Cl)c1O. The Labute approximate surface area is 185 Å². The number of ether oxygens (including phenoxy) is 1. The molecule has 0 aliphatic rings. The quantitative estimate of drug-likeness (QED) is 0.369. The number of aryl methyl sites for hydroxylation is 1. The number of fused-ring (bicyclic) bond motifs is 1. The predicted octanol–water partition coefficient (Wildman–Crippen LogP) is 5.67. The van der Waals surface area contributed by atoms with Gasteiger partial charge in [0.2, 0.25) is 0 Å². The third-order valence-corrected chi connectivity index (χ3v) is 5.30. The van der Waals surface area contributed by atoms with Gasteiger partial charge in [-0.25, -0.2) is 4.98 Å². The van der Waals surface area contributed by atoms with Crippen molar-refractivity contribution in [2.45, 2.75) is 12.8 Å². The monoisotopic (exact) mass is 432 g/mol. The van der Waals surface area contributed by atoms with Crippen molar-refractivity contribution in [2.75, 3.05) is 7.11 Å². The maximum Gasteiger partial charge on any atom is 0.176 e. The Morgan fingerprint density at radius 1 is 1.13 bits per heavy atom. The van der Waals surface area contributed by atoms with Gasteiger partial charge < -0.3 is 14.8 Å². The molecule has 0 bridgehead atoms. The van der Waals surface area contributed by atoms with Gasteiger partial charge in [0.1, 0.15) is 5.82 Å². The van der Waals surface area contributed by atoms with Gasteiger partial charge in [-0.15, -0.1) is 0 Å². The van der Waals surface area contributed by atoms with Crippen LogP contribution in [-0.4, -0.2) is 28.0 Å². The molecule has 1 heterocycles. The van der Waals surface area contributed by atoms with Gasteiger partial charge in [0.25, 0.3) is 0 Å². The number of carbonyl (C=O) groups excluding carboxylic acids is 1. The van der Waals surface area contributed by atoms with E-state index in [1.165, 1.54) is 7.11 Å². The third kappa shape index (κ3) is 4.62. The van der Waals surface area contributed by atoms with E-state index in [4.69, 9.17) is 16.3 Å². The van der Waals surface area contributed by atoms with E-state index >= 15 is 0 Å². The highest BCUT2D eigenvalue weighted by Gasteiger charge is 2.17. The molecule has 0 aliphatic heterocycles. The maximum atomic E-state index is 13.3. The molecule has 1 aromatic heterocycles. The zero-order valence-corrected chi connectivity index (χ0v) is 17.7. The molecule has 2 N–H and O–H groups in total. The number of rotatable bonds is 7. The number of ketones is 1. The molecule has 0 fully saturated rings. The van der Waals surface area contributed by atoms with Crippen LogP contribution in [0.5, 0.6) is 11.5 Å². The minimum absolute atomic E-state index is 0.0499. The highest BCUT2D eigenvalue weighted by atomic mass is 35.5. The molecule has 0 unspecified atom stereocenters. The number of aromatic hydroxyl groups is 1. The predicted molar refractivity (Wildman–Crippen MR) is 123 cm³/mol. The molecule has 0 saturated heterocycles. The fourth-order valence-corrected chi connectivity index (χ4v) is 3.62. The Morgan fingerprint density at radius 3 is 2.61 bits per heavy atom. The molecule has 0 aliphatic carbocycles. The number of hydrogen-bond donors (Lipinski definition) is 2. The first-order valence-corrected chi connectivity index (χ1v) is 10.2. The van der Waals surface area contributed by atoms with Crippen molar-refractivity contribution < 1.29 is 14.6 Å². The number of H-pyrrole nitrogens is 1. The largest absolute Gasteiger partial charge is 0.503 e. The lowest BCUT2D eigenvalue weighted by atomic mass is 10.00. The molecular formula is C25H21ClN2O3. The molecule has 0 saturated carbocycles. The minimum atomic E-state index is -0.137. The number of para-hydroxylation sites is 2. The molecule has 5 nitrogen and oxygen atoms in total. The number of halogens is 1. The van der Waals surface area contributed by atoms with Gasteiger partial charge in [-0.1, -0.05) is 54.1 Å². The van der Waals surface area contributed by atoms with Crippen molar-refractivity contribution in [3.8, 4) is 11.5 Å². The molecule has 0 atom stereocenters. The lowest BCUT2D eigenvalue weighted by molar-refractivity contribution is -0.113. The number of phenols is 1. The topological polar surface area (TPSA) is 75.2 Å². The van der Waals surface area contributed by atoms with Crippen LogP contribution in [-0.2, 0) is 11.2 Å². The average Bonchev–Trinajstić information content (AvgIpc) is 3.22. The summed E-state index contributed by atoms with van der Waals surface area (Å²) < 4.78 is 5.20. The highest BCUT2D eigenvalue weighted by molar-refractivity contribution is 6.32. The summed E-state index contributed by atoms with van der Waals surface area (Å²) in [5.74, 6) is 0.537. The summed E-state index contributed by atoms with van der Waals surface area (Å²) in [6, 6.07) is 20.7. The minimum Gasteiger partial charge on any atom is -0.503 e. The number of phenolic OH excluding ortho intramolecular Hbond substituents is 1. The van der Waals surface area contributed by atoms with Gasteiger partial charge >= 0.3 is 0 Å². The second-order valence-electron chi connectivity index (χ2n) is 7.12. The van der Waals surface area contributed by atoms with Gasteiger partial charge in [-0.3, -0.25) is 4.79 Å². The number of allylic oxidation sites excluding steroid dienone is 1. The fourth-order valence-electron chi connectivity index (χ4n) is 3.40. The van der Waals surface area contributed by atoms with Gasteiger partial charge in [-0.05, 0) is 47.9 Å². The van der Waals surface area contributed by atoms with Crippen molar-refractivity contribution in [1.29, 1.82) is 0 Å². The summed E-state index contributed by atoms with van der Waals surface area (Å²) in [7, 11) is 1.45. The van der Waals surface area contributed by atoms with Gasteiger partial charge in [0.15, 0.2) is 17.3 Å². The van der Waals surface area contributed by atoms with E-state index in [1.54, 1.807) is 18.2 Å². The number of methoxy groups -OCH3 is 1. The second-order valence-corrected chi connectivity index (χ2v) is 7.53. The van der Waals surface area contributed by atoms with E-state index in [0.717, 1.165) is 16.6 Å². The molecule has 156 valence electrons. The Balaban J connectivity index is 1.74. The molecule has 0 radical (unpaired) electrons. The van der Waals surface area contributed by atoms with Crippen LogP contribution < -0.4 is 4.74 Å². The summed E-state index contributed by atoms with van der Waals surface area (Å²) in [5, 5.41) is 10.2. The van der Waals surface area contributed by atoms with Gasteiger partial charge in [0.05, 0.1) is 28.7 Å². The number of hydrogen-bond acceptors (Lipinski definition) is 4. The van der Waals surface area contributed by atoms with E-state index in [0.29, 0.717) is 29.8 Å². The molecule has 6 heteroatoms. The summed E-state index contributed by atoms with van der Waals surface area (Å²) in [6.07, 6.45) is 2.67. The summed E-state index contributed by atoms with van der Waals surface area (Å²) >= 11 is 6.14. The van der Waals surface area contributed by atoms with Crippen molar-refractivity contribution in [2.24, 2.45) is 0 Å². The zero-order valence-electron chi connectivity index (χ0n) is 16.9. The second kappa shape index (κ2) is 9.06. The lowest BCUT2D eigenvalue weighted by Gasteiger charge is -2.09. The fraction of sp³-hybridized carbons (Fsp3) is 0.120. The number of Topliss-reactive ketones (excluding diaryl/α,β-unsaturated/α-hetero) is 1. The summed E-state index contributed by atoms with van der Waals surface area (Å²) in [6.45, 7) is 0. The number of nitrogens with one attached hydrogen (secondary N) is 1. The zero-order chi connectivity index (χ0) is 21.8. The highest BCUT2D eigenvalue weighted by Crippen LogP contribution is 2.36. The first-order valence-electron chi connectivity index (χ1n) is 9.85. The molecule has 4 aromatic rings. The van der Waals surface area contributed by atoms with Crippen LogP contribution in [0.25, 0.3) is 22.7 Å². The Hall–Kier alpha value is -3.57. The summed E-state index contributed by atoms with van der Waals surface area (Å²) in [5.41, 5.74) is 3.79. The lowest BCUT2D eigenvalue weighted by Crippen LogP contribution is -2.05. The first kappa shape index (κ1) is 20.7. The Bertz CT molecular complexity index is 1230. The average molecular weight is 433 g/mol. The Morgan fingerprint density at radius 2 is 1.87 bits per heavy atom. The molecule has 31 heavy (non-hydrogen) atoms. The van der Waals surface area contributed by atoms with E-state index in [1.807, 2.05) is 54.6 Å². The molecule has 4 rings (SSSR count). The van der Waals surface area contributed by atoms with Crippen LogP contribution in [0.2, 0.25) is 5.02 Å². The number of nitrogens with zero attached hydrogens (tertiary/aromatic N) is 1. The van der Waals surface area contributed by atoms with Crippen molar-refractivity contribution in [3.05, 3.63) is 88.7 Å². The van der Waals surface area contributed by atoms with Crippen LogP contribution in [0.1, 0.15) is 23.4 Å². The number of carbonyl (C=O) groups is 1. The van der Waals surface area contributed by atoms with Crippen LogP contribution in [0.4, 0.5) is 0 Å². The van der Waals surface area contributed by atoms with Crippen LogP contribution in [0, 0.1) is 0 Å². The number of imidazole rings is 1. The smallest absolute Gasteiger partial charge is 0.176 e. The third-order valence-electron chi connectivity index (χ3n) is 5.01. The van der Waals surface area contributed by atoms with Crippen LogP contribution in [0.3, 0.4) is 0 Å².